The molecule has 216 valence electrons. The number of unbranched alkanes of at least 4 members (excludes halogenated alkanes) is 9. The first-order chi connectivity index (χ1) is 17.7. The Morgan fingerprint density at radius 3 is 1.43 bits per heavy atom. The fourth-order valence-corrected chi connectivity index (χ4v) is 5.74. The topological polar surface area (TPSA) is 115 Å². The van der Waals surface area contributed by atoms with Gasteiger partial charge in [-0.1, -0.05) is 78.4 Å². The first-order valence-electron chi connectivity index (χ1n) is 14.9. The van der Waals surface area contributed by atoms with Crippen LogP contribution in [0.15, 0.2) is 12.2 Å². The van der Waals surface area contributed by atoms with Gasteiger partial charge < -0.3 is 20.1 Å². The molecule has 0 aliphatic carbocycles. The van der Waals surface area contributed by atoms with Crippen LogP contribution in [0.2, 0.25) is 0 Å². The SMILES string of the molecule is CCCCC/C=C/CCCCCCCC[N+](C(CCC)C(=O)[O-])(C(CCC)C(=O)O)C(CCC)C(=O)O. The van der Waals surface area contributed by atoms with E-state index in [4.69, 9.17) is 0 Å². The summed E-state index contributed by atoms with van der Waals surface area (Å²) < 4.78 is -0.439. The standard InChI is InChI=1S/C30H55NO6/c1-5-9-10-11-12-13-14-15-16-17-18-19-20-24-31(25(21-6-2)28(32)33,26(22-7-3)29(34)35)27(23-8-4)30(36)37/h12-13,25-27H,5-11,14-24H2,1-4H3,(H2-,32,33,34,35,36,37)/b13-12+. The first kappa shape index (κ1) is 35.1. The molecule has 2 N–H and O–H groups in total. The Morgan fingerprint density at radius 2 is 1.03 bits per heavy atom. The lowest BCUT2D eigenvalue weighted by molar-refractivity contribution is -0.975. The third kappa shape index (κ3) is 12.5. The van der Waals surface area contributed by atoms with Crippen LogP contribution in [0.4, 0.5) is 0 Å². The van der Waals surface area contributed by atoms with Crippen molar-refractivity contribution < 1.29 is 34.2 Å². The minimum Gasteiger partial charge on any atom is -0.544 e. The zero-order valence-electron chi connectivity index (χ0n) is 24.1. The van der Waals surface area contributed by atoms with Crippen LogP contribution in [0.1, 0.15) is 137 Å². The smallest absolute Gasteiger partial charge is 0.362 e. The van der Waals surface area contributed by atoms with Crippen molar-refractivity contribution in [3.63, 3.8) is 0 Å². The van der Waals surface area contributed by atoms with Crippen LogP contribution in [0.25, 0.3) is 0 Å². The van der Waals surface area contributed by atoms with E-state index in [0.717, 1.165) is 44.9 Å². The molecule has 0 saturated heterocycles. The second-order valence-electron chi connectivity index (χ2n) is 10.5. The number of allylic oxidation sites excluding steroid dienone is 2. The van der Waals surface area contributed by atoms with Crippen LogP contribution < -0.4 is 5.11 Å². The van der Waals surface area contributed by atoms with Crippen molar-refractivity contribution in [2.75, 3.05) is 6.54 Å². The van der Waals surface area contributed by atoms with E-state index in [2.05, 4.69) is 19.1 Å². The largest absolute Gasteiger partial charge is 0.544 e. The maximum atomic E-state index is 12.5. The zero-order valence-corrected chi connectivity index (χ0v) is 24.1. The molecular weight excluding hydrogens is 470 g/mol. The molecule has 3 unspecified atom stereocenters. The molecule has 0 bridgehead atoms. The van der Waals surface area contributed by atoms with Crippen LogP contribution in [-0.2, 0) is 14.4 Å². The number of hydrogen-bond donors (Lipinski definition) is 2. The number of carboxylic acid groups (broad SMARTS) is 3. The number of nitrogens with zero attached hydrogens (tertiary/aromatic N) is 1. The van der Waals surface area contributed by atoms with Gasteiger partial charge in [-0.3, -0.25) is 4.48 Å². The molecule has 0 heterocycles. The molecule has 0 aromatic heterocycles. The second-order valence-corrected chi connectivity index (χ2v) is 10.5. The number of carbonyl (C=O) groups is 3. The molecule has 0 rings (SSSR count). The fourth-order valence-electron chi connectivity index (χ4n) is 5.74. The number of hydrogen-bond acceptors (Lipinski definition) is 4. The normalized spacial score (nSPS) is 15.8. The molecule has 0 amide bonds. The number of aliphatic carboxylic acids is 3. The van der Waals surface area contributed by atoms with E-state index in [0.29, 0.717) is 25.7 Å². The van der Waals surface area contributed by atoms with Gasteiger partial charge in [-0.2, -0.15) is 0 Å². The monoisotopic (exact) mass is 525 g/mol. The molecule has 0 radical (unpaired) electrons. The van der Waals surface area contributed by atoms with Gasteiger partial charge in [-0.25, -0.2) is 9.59 Å². The van der Waals surface area contributed by atoms with Crippen molar-refractivity contribution >= 4 is 17.9 Å². The van der Waals surface area contributed by atoms with Crippen LogP contribution in [-0.4, -0.2) is 57.3 Å². The Morgan fingerprint density at radius 1 is 0.622 bits per heavy atom. The van der Waals surface area contributed by atoms with Gasteiger partial charge in [0.1, 0.15) is 6.04 Å². The summed E-state index contributed by atoms with van der Waals surface area (Å²) in [6, 6.07) is -3.33. The average Bonchev–Trinajstić information content (AvgIpc) is 2.85. The highest BCUT2D eigenvalue weighted by Crippen LogP contribution is 2.34. The highest BCUT2D eigenvalue weighted by molar-refractivity contribution is 5.77. The fraction of sp³-hybridized carbons (Fsp3) is 0.833. The predicted octanol–water partition coefficient (Wildman–Crippen LogP) is 6.10. The predicted molar refractivity (Wildman–Crippen MR) is 147 cm³/mol. The van der Waals surface area contributed by atoms with Crippen molar-refractivity contribution in [2.24, 2.45) is 0 Å². The summed E-state index contributed by atoms with van der Waals surface area (Å²) in [5.74, 6) is -3.57. The van der Waals surface area contributed by atoms with Crippen LogP contribution in [0.5, 0.6) is 0 Å². The summed E-state index contributed by atoms with van der Waals surface area (Å²) in [7, 11) is 0. The molecular formula is C30H55NO6. The molecule has 0 aliphatic heterocycles. The van der Waals surface area contributed by atoms with Crippen molar-refractivity contribution in [3.8, 4) is 0 Å². The molecule has 0 fully saturated rings. The molecule has 0 aliphatic rings. The number of quaternary nitrogens is 1. The van der Waals surface area contributed by atoms with Gasteiger partial charge in [0.05, 0.1) is 12.5 Å². The van der Waals surface area contributed by atoms with Crippen LogP contribution in [0, 0.1) is 0 Å². The highest BCUT2D eigenvalue weighted by Gasteiger charge is 2.54. The van der Waals surface area contributed by atoms with Crippen molar-refractivity contribution in [2.45, 2.75) is 155 Å². The molecule has 0 saturated carbocycles. The summed E-state index contributed by atoms with van der Waals surface area (Å²) in [6.45, 7) is 7.99. The minimum absolute atomic E-state index is 0.204. The van der Waals surface area contributed by atoms with E-state index in [-0.39, 0.29) is 25.8 Å². The lowest BCUT2D eigenvalue weighted by atomic mass is 9.91. The Bertz CT molecular complexity index is 603. The zero-order chi connectivity index (χ0) is 28.1. The van der Waals surface area contributed by atoms with Gasteiger partial charge in [0, 0.05) is 19.3 Å². The molecule has 0 aromatic carbocycles. The molecule has 3 atom stereocenters. The van der Waals surface area contributed by atoms with Gasteiger partial charge in [-0.05, 0) is 51.4 Å². The van der Waals surface area contributed by atoms with Gasteiger partial charge in [0.15, 0.2) is 12.1 Å². The van der Waals surface area contributed by atoms with E-state index in [1.54, 1.807) is 0 Å². The van der Waals surface area contributed by atoms with Gasteiger partial charge >= 0.3 is 11.9 Å². The van der Waals surface area contributed by atoms with E-state index in [1.807, 2.05) is 20.8 Å². The number of rotatable bonds is 25. The van der Waals surface area contributed by atoms with Gasteiger partial charge in [0.2, 0.25) is 0 Å². The maximum absolute atomic E-state index is 12.5. The molecule has 37 heavy (non-hydrogen) atoms. The Kier molecular flexibility index (Phi) is 20.0. The van der Waals surface area contributed by atoms with E-state index in [1.165, 1.54) is 19.3 Å². The van der Waals surface area contributed by atoms with Gasteiger partial charge in [-0.15, -0.1) is 0 Å². The lowest BCUT2D eigenvalue weighted by Gasteiger charge is -2.52. The summed E-state index contributed by atoms with van der Waals surface area (Å²) in [5, 5.41) is 32.8. The summed E-state index contributed by atoms with van der Waals surface area (Å²) in [4.78, 5) is 37.4. The summed E-state index contributed by atoms with van der Waals surface area (Å²) >= 11 is 0. The molecule has 7 heteroatoms. The second kappa shape index (κ2) is 21.1. The summed E-state index contributed by atoms with van der Waals surface area (Å²) in [5.41, 5.74) is 0. The summed E-state index contributed by atoms with van der Waals surface area (Å²) in [6.07, 6.45) is 18.6. The van der Waals surface area contributed by atoms with Crippen molar-refractivity contribution in [3.05, 3.63) is 12.2 Å². The first-order valence-corrected chi connectivity index (χ1v) is 14.9. The Balaban J connectivity index is 5.48. The van der Waals surface area contributed by atoms with Crippen LogP contribution in [0.3, 0.4) is 0 Å². The third-order valence-electron chi connectivity index (χ3n) is 7.58. The molecule has 7 nitrogen and oxygen atoms in total. The molecule has 0 spiro atoms. The Hall–Kier alpha value is -1.89. The lowest BCUT2D eigenvalue weighted by Crippen LogP contribution is -2.74. The number of carbonyl (C=O) groups excluding carboxylic acids is 1. The molecule has 0 aromatic rings. The van der Waals surface area contributed by atoms with Crippen molar-refractivity contribution in [1.29, 1.82) is 0 Å². The van der Waals surface area contributed by atoms with Crippen LogP contribution >= 0.6 is 0 Å². The van der Waals surface area contributed by atoms with E-state index >= 15 is 0 Å². The van der Waals surface area contributed by atoms with Gasteiger partial charge in [0.25, 0.3) is 0 Å². The number of carboxylic acids is 3. The highest BCUT2D eigenvalue weighted by atomic mass is 16.4. The average molecular weight is 526 g/mol. The van der Waals surface area contributed by atoms with E-state index < -0.39 is 40.5 Å². The third-order valence-corrected chi connectivity index (χ3v) is 7.58. The quantitative estimate of drug-likeness (QED) is 0.0846. The Labute approximate surface area is 225 Å². The minimum atomic E-state index is -1.34. The maximum Gasteiger partial charge on any atom is 0.362 e. The van der Waals surface area contributed by atoms with Crippen molar-refractivity contribution in [1.82, 2.24) is 0 Å². The van der Waals surface area contributed by atoms with E-state index in [9.17, 15) is 29.7 Å².